The highest BCUT2D eigenvalue weighted by Gasteiger charge is 2.23. The Balaban J connectivity index is 1.64. The van der Waals surface area contributed by atoms with Gasteiger partial charge in [-0.05, 0) is 32.2 Å². The van der Waals surface area contributed by atoms with Gasteiger partial charge in [-0.25, -0.2) is 0 Å². The molecule has 1 saturated carbocycles. The van der Waals surface area contributed by atoms with E-state index in [-0.39, 0.29) is 0 Å². The van der Waals surface area contributed by atoms with Crippen LogP contribution in [0.4, 0.5) is 0 Å². The third-order valence-corrected chi connectivity index (χ3v) is 3.67. The van der Waals surface area contributed by atoms with Crippen LogP contribution >= 0.6 is 0 Å². The third kappa shape index (κ3) is 3.44. The number of morpholine rings is 1. The molecule has 0 aromatic carbocycles. The number of nitrogens with one attached hydrogen (secondary N) is 1. The average Bonchev–Trinajstić information content (AvgIpc) is 2.62. The van der Waals surface area contributed by atoms with E-state index in [9.17, 15) is 0 Å². The van der Waals surface area contributed by atoms with Crippen LogP contribution in [0.5, 0.6) is 0 Å². The summed E-state index contributed by atoms with van der Waals surface area (Å²) in [5.74, 6) is 0.914. The van der Waals surface area contributed by atoms with Gasteiger partial charge in [0.1, 0.15) is 0 Å². The lowest BCUT2D eigenvalue weighted by Crippen LogP contribution is -2.46. The van der Waals surface area contributed by atoms with Gasteiger partial charge in [-0.15, -0.1) is 0 Å². The summed E-state index contributed by atoms with van der Waals surface area (Å²) >= 11 is 0. The van der Waals surface area contributed by atoms with Crippen molar-refractivity contribution in [2.75, 3.05) is 33.3 Å². The molecule has 0 radical (unpaired) electrons. The first-order valence-electron chi connectivity index (χ1n) is 6.27. The Labute approximate surface area is 93.2 Å². The van der Waals surface area contributed by atoms with E-state index in [1.807, 2.05) is 0 Å². The molecule has 2 rings (SSSR count). The molecule has 0 amide bonds. The van der Waals surface area contributed by atoms with Crippen molar-refractivity contribution >= 4 is 0 Å². The van der Waals surface area contributed by atoms with Crippen molar-refractivity contribution in [2.24, 2.45) is 5.92 Å². The highest BCUT2D eigenvalue weighted by atomic mass is 16.5. The van der Waals surface area contributed by atoms with Crippen molar-refractivity contribution in [3.63, 3.8) is 0 Å². The fourth-order valence-corrected chi connectivity index (χ4v) is 2.68. The van der Waals surface area contributed by atoms with Crippen molar-refractivity contribution in [1.82, 2.24) is 10.2 Å². The molecule has 1 heterocycles. The Kier molecular flexibility index (Phi) is 4.00. The lowest BCUT2D eigenvalue weighted by Gasteiger charge is -2.31. The van der Waals surface area contributed by atoms with Gasteiger partial charge >= 0.3 is 0 Å². The van der Waals surface area contributed by atoms with Crippen molar-refractivity contribution in [1.29, 1.82) is 0 Å². The molecular formula is C12H24N2O. The molecule has 3 atom stereocenters. The Morgan fingerprint density at radius 3 is 2.93 bits per heavy atom. The van der Waals surface area contributed by atoms with Gasteiger partial charge in [0.05, 0.1) is 12.7 Å². The van der Waals surface area contributed by atoms with Crippen LogP contribution in [0.2, 0.25) is 0 Å². The molecule has 1 N–H and O–H groups in total. The minimum atomic E-state index is 0.402. The van der Waals surface area contributed by atoms with Gasteiger partial charge in [-0.1, -0.05) is 6.92 Å². The summed E-state index contributed by atoms with van der Waals surface area (Å²) in [5.41, 5.74) is 0. The predicted octanol–water partition coefficient (Wildman–Crippen LogP) is 1.10. The van der Waals surface area contributed by atoms with Crippen LogP contribution in [0.3, 0.4) is 0 Å². The SMILES string of the molecule is C[C@@H]1CC[C@H](NC[C@@H]2CN(C)CCO2)C1. The van der Waals surface area contributed by atoms with Crippen LogP contribution in [-0.4, -0.2) is 50.3 Å². The van der Waals surface area contributed by atoms with Crippen molar-refractivity contribution in [3.8, 4) is 0 Å². The summed E-state index contributed by atoms with van der Waals surface area (Å²) in [6, 6.07) is 0.746. The van der Waals surface area contributed by atoms with E-state index in [0.717, 1.165) is 38.2 Å². The molecule has 1 aliphatic heterocycles. The van der Waals surface area contributed by atoms with Crippen molar-refractivity contribution < 1.29 is 4.74 Å². The summed E-state index contributed by atoms with van der Waals surface area (Å²) < 4.78 is 5.73. The quantitative estimate of drug-likeness (QED) is 0.758. The fourth-order valence-electron chi connectivity index (χ4n) is 2.68. The molecule has 0 aromatic rings. The fraction of sp³-hybridized carbons (Fsp3) is 1.00. The van der Waals surface area contributed by atoms with Crippen LogP contribution in [0.25, 0.3) is 0 Å². The lowest BCUT2D eigenvalue weighted by atomic mass is 10.1. The molecule has 15 heavy (non-hydrogen) atoms. The summed E-state index contributed by atoms with van der Waals surface area (Å²) in [6.07, 6.45) is 4.50. The zero-order valence-electron chi connectivity index (χ0n) is 10.0. The maximum Gasteiger partial charge on any atom is 0.0826 e. The normalized spacial score (nSPS) is 38.4. The Bertz CT molecular complexity index is 198. The Morgan fingerprint density at radius 2 is 2.27 bits per heavy atom. The molecule has 0 spiro atoms. The number of nitrogens with zero attached hydrogens (tertiary/aromatic N) is 1. The van der Waals surface area contributed by atoms with E-state index in [2.05, 4.69) is 24.2 Å². The van der Waals surface area contributed by atoms with Gasteiger partial charge in [0.25, 0.3) is 0 Å². The zero-order chi connectivity index (χ0) is 10.7. The van der Waals surface area contributed by atoms with E-state index in [0.29, 0.717) is 6.10 Å². The Morgan fingerprint density at radius 1 is 1.40 bits per heavy atom. The highest BCUT2D eigenvalue weighted by molar-refractivity contribution is 4.80. The second kappa shape index (κ2) is 5.28. The average molecular weight is 212 g/mol. The molecule has 0 unspecified atom stereocenters. The first-order valence-corrected chi connectivity index (χ1v) is 6.27. The second-order valence-electron chi connectivity index (χ2n) is 5.28. The molecular weight excluding hydrogens is 188 g/mol. The summed E-state index contributed by atoms with van der Waals surface area (Å²) in [6.45, 7) is 6.43. The van der Waals surface area contributed by atoms with Crippen LogP contribution in [0, 0.1) is 5.92 Å². The van der Waals surface area contributed by atoms with Crippen LogP contribution in [-0.2, 0) is 4.74 Å². The molecule has 3 nitrogen and oxygen atoms in total. The molecule has 1 saturated heterocycles. The van der Waals surface area contributed by atoms with Crippen LogP contribution in [0.15, 0.2) is 0 Å². The van der Waals surface area contributed by atoms with Crippen LogP contribution in [0.1, 0.15) is 26.2 Å². The topological polar surface area (TPSA) is 24.5 Å². The molecule has 0 bridgehead atoms. The maximum absolute atomic E-state index is 5.73. The number of ether oxygens (including phenoxy) is 1. The van der Waals surface area contributed by atoms with Gasteiger partial charge in [0.2, 0.25) is 0 Å². The molecule has 1 aliphatic carbocycles. The van der Waals surface area contributed by atoms with Gasteiger partial charge in [0.15, 0.2) is 0 Å². The van der Waals surface area contributed by atoms with Crippen molar-refractivity contribution in [3.05, 3.63) is 0 Å². The lowest BCUT2D eigenvalue weighted by molar-refractivity contribution is -0.0192. The number of rotatable bonds is 3. The van der Waals surface area contributed by atoms with E-state index < -0.39 is 0 Å². The minimum absolute atomic E-state index is 0.402. The van der Waals surface area contributed by atoms with E-state index in [4.69, 9.17) is 4.74 Å². The molecule has 0 aromatic heterocycles. The van der Waals surface area contributed by atoms with Gasteiger partial charge in [-0.2, -0.15) is 0 Å². The largest absolute Gasteiger partial charge is 0.374 e. The summed E-state index contributed by atoms with van der Waals surface area (Å²) in [4.78, 5) is 2.35. The second-order valence-corrected chi connectivity index (χ2v) is 5.28. The highest BCUT2D eigenvalue weighted by Crippen LogP contribution is 2.24. The zero-order valence-corrected chi connectivity index (χ0v) is 10.0. The van der Waals surface area contributed by atoms with Crippen molar-refractivity contribution in [2.45, 2.75) is 38.3 Å². The van der Waals surface area contributed by atoms with E-state index in [1.165, 1.54) is 19.3 Å². The molecule has 2 fully saturated rings. The molecule has 88 valence electrons. The minimum Gasteiger partial charge on any atom is -0.374 e. The monoisotopic (exact) mass is 212 g/mol. The van der Waals surface area contributed by atoms with Gasteiger partial charge in [0, 0.05) is 25.7 Å². The maximum atomic E-state index is 5.73. The first kappa shape index (κ1) is 11.4. The summed E-state index contributed by atoms with van der Waals surface area (Å²) in [5, 5.41) is 3.65. The Hall–Kier alpha value is -0.120. The summed E-state index contributed by atoms with van der Waals surface area (Å²) in [7, 11) is 2.17. The molecule has 2 aliphatic rings. The first-order chi connectivity index (χ1) is 7.24. The predicted molar refractivity (Wildman–Crippen MR) is 62.0 cm³/mol. The van der Waals surface area contributed by atoms with Gasteiger partial charge in [-0.3, -0.25) is 0 Å². The molecule has 3 heteroatoms. The van der Waals surface area contributed by atoms with E-state index in [1.54, 1.807) is 0 Å². The number of hydrogen-bond acceptors (Lipinski definition) is 3. The third-order valence-electron chi connectivity index (χ3n) is 3.67. The number of likely N-dealkylation sites (N-methyl/N-ethyl adjacent to an activating group) is 1. The van der Waals surface area contributed by atoms with E-state index >= 15 is 0 Å². The van der Waals surface area contributed by atoms with Crippen LogP contribution < -0.4 is 5.32 Å². The smallest absolute Gasteiger partial charge is 0.0826 e. The number of hydrogen-bond donors (Lipinski definition) is 1. The van der Waals surface area contributed by atoms with Gasteiger partial charge < -0.3 is 15.0 Å². The standard InChI is InChI=1S/C12H24N2O/c1-10-3-4-11(7-10)13-8-12-9-14(2)5-6-15-12/h10-13H,3-9H2,1-2H3/t10-,11+,12-/m1/s1.